The first kappa shape index (κ1) is 20.0. The number of rotatable bonds is 5. The van der Waals surface area contributed by atoms with Crippen molar-refractivity contribution in [3.63, 3.8) is 0 Å². The van der Waals surface area contributed by atoms with Gasteiger partial charge in [0.25, 0.3) is 0 Å². The van der Waals surface area contributed by atoms with Crippen molar-refractivity contribution in [2.75, 3.05) is 17.7 Å². The van der Waals surface area contributed by atoms with Gasteiger partial charge in [-0.15, -0.1) is 0 Å². The second-order valence-electron chi connectivity index (χ2n) is 6.01. The summed E-state index contributed by atoms with van der Waals surface area (Å²) in [6, 6.07) is 8.49. The normalized spacial score (nSPS) is 11.0. The summed E-state index contributed by atoms with van der Waals surface area (Å²) in [6.45, 7) is 2.93. The fourth-order valence-corrected chi connectivity index (χ4v) is 2.43. The van der Waals surface area contributed by atoms with Crippen LogP contribution in [0.2, 0.25) is 10.0 Å². The lowest BCUT2D eigenvalue weighted by molar-refractivity contribution is -0.135. The van der Waals surface area contributed by atoms with Gasteiger partial charge in [0, 0.05) is 11.4 Å². The minimum Gasteiger partial charge on any atom is -0.495 e. The van der Waals surface area contributed by atoms with Crippen molar-refractivity contribution in [1.82, 2.24) is 0 Å². The molecule has 2 amide bonds. The Morgan fingerprint density at radius 2 is 1.46 bits per heavy atom. The first-order valence-corrected chi connectivity index (χ1v) is 8.32. The summed E-state index contributed by atoms with van der Waals surface area (Å²) < 4.78 is 18.2. The zero-order valence-corrected chi connectivity index (χ0v) is 15.8. The lowest BCUT2D eigenvalue weighted by Crippen LogP contribution is -2.41. The molecule has 0 heterocycles. The Hall–Kier alpha value is -2.31. The minimum absolute atomic E-state index is 0.127. The molecule has 2 aromatic rings. The SMILES string of the molecule is COc1ccc(NC(=O)C(C)(C)C(=O)Nc2ccc(F)c(Cl)c2)cc1Cl. The summed E-state index contributed by atoms with van der Waals surface area (Å²) in [5.41, 5.74) is -0.700. The highest BCUT2D eigenvalue weighted by atomic mass is 35.5. The average Bonchev–Trinajstić information content (AvgIpc) is 2.58. The van der Waals surface area contributed by atoms with Gasteiger partial charge in [-0.2, -0.15) is 0 Å². The van der Waals surface area contributed by atoms with E-state index in [-0.39, 0.29) is 10.7 Å². The van der Waals surface area contributed by atoms with Crippen LogP contribution in [0, 0.1) is 11.2 Å². The molecule has 0 atom stereocenters. The topological polar surface area (TPSA) is 67.4 Å². The Morgan fingerprint density at radius 3 is 1.92 bits per heavy atom. The Balaban J connectivity index is 2.11. The number of amides is 2. The van der Waals surface area contributed by atoms with Gasteiger partial charge in [0.15, 0.2) is 0 Å². The van der Waals surface area contributed by atoms with Crippen molar-refractivity contribution in [2.45, 2.75) is 13.8 Å². The second-order valence-corrected chi connectivity index (χ2v) is 6.83. The van der Waals surface area contributed by atoms with E-state index in [4.69, 9.17) is 27.9 Å². The van der Waals surface area contributed by atoms with E-state index in [0.717, 1.165) is 6.07 Å². The summed E-state index contributed by atoms with van der Waals surface area (Å²) in [5, 5.41) is 5.39. The van der Waals surface area contributed by atoms with Gasteiger partial charge in [-0.1, -0.05) is 23.2 Å². The number of hydrogen-bond acceptors (Lipinski definition) is 3. The molecule has 0 spiro atoms. The molecule has 0 saturated carbocycles. The third kappa shape index (κ3) is 4.45. The van der Waals surface area contributed by atoms with E-state index in [2.05, 4.69) is 10.6 Å². The quantitative estimate of drug-likeness (QED) is 0.714. The van der Waals surface area contributed by atoms with Gasteiger partial charge in [-0.25, -0.2) is 4.39 Å². The van der Waals surface area contributed by atoms with Crippen molar-refractivity contribution >= 4 is 46.4 Å². The fourth-order valence-electron chi connectivity index (χ4n) is 2.00. The smallest absolute Gasteiger partial charge is 0.239 e. The van der Waals surface area contributed by atoms with Gasteiger partial charge in [0.05, 0.1) is 17.2 Å². The molecule has 5 nitrogen and oxygen atoms in total. The Kier molecular flexibility index (Phi) is 6.10. The molecule has 0 bridgehead atoms. The van der Waals surface area contributed by atoms with E-state index >= 15 is 0 Å². The fraction of sp³-hybridized carbons (Fsp3) is 0.222. The zero-order chi connectivity index (χ0) is 19.5. The third-order valence-corrected chi connectivity index (χ3v) is 4.31. The van der Waals surface area contributed by atoms with Crippen LogP contribution >= 0.6 is 23.2 Å². The van der Waals surface area contributed by atoms with Crippen LogP contribution in [0.25, 0.3) is 0 Å². The van der Waals surface area contributed by atoms with Gasteiger partial charge < -0.3 is 15.4 Å². The van der Waals surface area contributed by atoms with Gasteiger partial charge in [-0.05, 0) is 50.2 Å². The van der Waals surface area contributed by atoms with Crippen LogP contribution < -0.4 is 15.4 Å². The van der Waals surface area contributed by atoms with Crippen LogP contribution in [0.4, 0.5) is 15.8 Å². The summed E-state index contributed by atoms with van der Waals surface area (Å²) in [5.74, 6) is -1.24. The molecule has 2 aromatic carbocycles. The summed E-state index contributed by atoms with van der Waals surface area (Å²) in [4.78, 5) is 25.0. The summed E-state index contributed by atoms with van der Waals surface area (Å²) in [6.07, 6.45) is 0. The number of carbonyl (C=O) groups is 2. The molecule has 0 aliphatic heterocycles. The molecule has 0 saturated heterocycles. The molecular weight excluding hydrogens is 382 g/mol. The van der Waals surface area contributed by atoms with Crippen molar-refractivity contribution in [3.8, 4) is 5.75 Å². The maximum absolute atomic E-state index is 13.2. The summed E-state index contributed by atoms with van der Waals surface area (Å²) >= 11 is 11.7. The van der Waals surface area contributed by atoms with Crippen LogP contribution in [0.15, 0.2) is 36.4 Å². The number of nitrogens with one attached hydrogen (secondary N) is 2. The van der Waals surface area contributed by atoms with Crippen molar-refractivity contribution in [1.29, 1.82) is 0 Å². The van der Waals surface area contributed by atoms with Gasteiger partial charge in [-0.3, -0.25) is 9.59 Å². The lowest BCUT2D eigenvalue weighted by Gasteiger charge is -2.23. The van der Waals surface area contributed by atoms with Crippen molar-refractivity contribution in [3.05, 3.63) is 52.3 Å². The highest BCUT2D eigenvalue weighted by Gasteiger charge is 2.36. The Labute approximate surface area is 160 Å². The predicted molar refractivity (Wildman–Crippen MR) is 100 cm³/mol. The highest BCUT2D eigenvalue weighted by molar-refractivity contribution is 6.32. The average molecular weight is 399 g/mol. The van der Waals surface area contributed by atoms with E-state index in [9.17, 15) is 14.0 Å². The molecule has 0 unspecified atom stereocenters. The first-order chi connectivity index (χ1) is 12.1. The highest BCUT2D eigenvalue weighted by Crippen LogP contribution is 2.29. The predicted octanol–water partition coefficient (Wildman–Crippen LogP) is 4.74. The Morgan fingerprint density at radius 1 is 0.962 bits per heavy atom. The molecule has 2 rings (SSSR count). The monoisotopic (exact) mass is 398 g/mol. The number of methoxy groups -OCH3 is 1. The van der Waals surface area contributed by atoms with Crippen LogP contribution in [0.1, 0.15) is 13.8 Å². The molecule has 26 heavy (non-hydrogen) atoms. The largest absolute Gasteiger partial charge is 0.495 e. The van der Waals surface area contributed by atoms with E-state index in [1.165, 1.54) is 39.2 Å². The number of benzene rings is 2. The number of carbonyl (C=O) groups excluding carboxylic acids is 2. The number of ether oxygens (including phenoxy) is 1. The number of halogens is 3. The third-order valence-electron chi connectivity index (χ3n) is 3.72. The first-order valence-electron chi connectivity index (χ1n) is 7.56. The maximum Gasteiger partial charge on any atom is 0.239 e. The molecular formula is C18H17Cl2FN2O3. The van der Waals surface area contributed by atoms with Crippen molar-refractivity contribution < 1.29 is 18.7 Å². The van der Waals surface area contributed by atoms with Crippen LogP contribution in [0.3, 0.4) is 0 Å². The Bertz CT molecular complexity index is 856. The molecule has 0 fully saturated rings. The van der Waals surface area contributed by atoms with Crippen molar-refractivity contribution in [2.24, 2.45) is 5.41 Å². The van der Waals surface area contributed by atoms with E-state index in [1.54, 1.807) is 12.1 Å². The molecule has 8 heteroatoms. The van der Waals surface area contributed by atoms with Gasteiger partial charge in [0.2, 0.25) is 11.8 Å². The van der Waals surface area contributed by atoms with Crippen LogP contribution in [-0.4, -0.2) is 18.9 Å². The van der Waals surface area contributed by atoms with Crippen LogP contribution in [-0.2, 0) is 9.59 Å². The molecule has 0 aromatic heterocycles. The molecule has 0 aliphatic carbocycles. The maximum atomic E-state index is 13.2. The van der Waals surface area contributed by atoms with Gasteiger partial charge in [0.1, 0.15) is 17.0 Å². The minimum atomic E-state index is -1.41. The second kappa shape index (κ2) is 7.93. The standard InChI is InChI=1S/C18H17Cl2FN2O3/c1-18(2,16(24)22-10-4-6-14(21)12(19)8-10)17(25)23-11-5-7-15(26-3)13(20)9-11/h4-9H,1-3H3,(H,22,24)(H,23,25). The molecule has 138 valence electrons. The van der Waals surface area contributed by atoms with E-state index < -0.39 is 23.0 Å². The van der Waals surface area contributed by atoms with Gasteiger partial charge >= 0.3 is 0 Å². The zero-order valence-electron chi connectivity index (χ0n) is 14.3. The van der Waals surface area contributed by atoms with E-state index in [1.807, 2.05) is 0 Å². The number of hydrogen-bond donors (Lipinski definition) is 2. The summed E-state index contributed by atoms with van der Waals surface area (Å²) in [7, 11) is 1.48. The molecule has 0 radical (unpaired) electrons. The lowest BCUT2D eigenvalue weighted by atomic mass is 9.90. The van der Waals surface area contributed by atoms with E-state index in [0.29, 0.717) is 16.5 Å². The molecule has 0 aliphatic rings. The van der Waals surface area contributed by atoms with Crippen LogP contribution in [0.5, 0.6) is 5.75 Å². The number of anilines is 2. The molecule has 2 N–H and O–H groups in total.